The van der Waals surface area contributed by atoms with E-state index < -0.39 is 29.5 Å². The predicted molar refractivity (Wildman–Crippen MR) is 127 cm³/mol. The summed E-state index contributed by atoms with van der Waals surface area (Å²) in [6.45, 7) is 1.94. The Balaban J connectivity index is 1.79. The summed E-state index contributed by atoms with van der Waals surface area (Å²) in [5.41, 5.74) is 2.09. The number of carbonyl (C=O) groups is 2. The van der Waals surface area contributed by atoms with Crippen LogP contribution in [-0.4, -0.2) is 26.7 Å². The number of halogens is 2. The molecule has 0 saturated carbocycles. The first kappa shape index (κ1) is 23.7. The van der Waals surface area contributed by atoms with Crippen LogP contribution in [0.1, 0.15) is 33.2 Å². The number of rotatable bonds is 7. The zero-order chi connectivity index (χ0) is 24.8. The van der Waals surface area contributed by atoms with Crippen LogP contribution in [0.15, 0.2) is 91.4 Å². The molecular formula is C27H22F2N4O2. The van der Waals surface area contributed by atoms with Crippen molar-refractivity contribution < 1.29 is 18.4 Å². The molecule has 3 aromatic carbocycles. The molecular weight excluding hydrogens is 450 g/mol. The average molecular weight is 472 g/mol. The summed E-state index contributed by atoms with van der Waals surface area (Å²) >= 11 is 0. The van der Waals surface area contributed by atoms with Crippen molar-refractivity contribution in [3.8, 4) is 0 Å². The molecule has 0 bridgehead atoms. The normalized spacial score (nSPS) is 11.5. The molecule has 0 aliphatic carbocycles. The first-order valence-electron chi connectivity index (χ1n) is 10.9. The van der Waals surface area contributed by atoms with Crippen molar-refractivity contribution in [3.63, 3.8) is 0 Å². The van der Waals surface area contributed by atoms with Crippen molar-refractivity contribution in [2.24, 2.45) is 0 Å². The molecule has 1 heterocycles. The minimum Gasteiger partial charge on any atom is -0.324 e. The monoisotopic (exact) mass is 472 g/mol. The largest absolute Gasteiger partial charge is 0.324 e. The highest BCUT2D eigenvalue weighted by atomic mass is 19.1. The maximum Gasteiger partial charge on any atom is 0.275 e. The molecule has 4 aromatic rings. The van der Waals surface area contributed by atoms with Gasteiger partial charge >= 0.3 is 0 Å². The van der Waals surface area contributed by atoms with Gasteiger partial charge in [0.2, 0.25) is 0 Å². The van der Waals surface area contributed by atoms with Gasteiger partial charge in [0, 0.05) is 30.2 Å². The van der Waals surface area contributed by atoms with Gasteiger partial charge in [-0.2, -0.15) is 0 Å². The molecule has 2 amide bonds. The number of carbonyl (C=O) groups excluding carboxylic acids is 2. The van der Waals surface area contributed by atoms with E-state index >= 15 is 4.39 Å². The lowest BCUT2D eigenvalue weighted by Gasteiger charge is -2.31. The molecule has 0 aliphatic rings. The van der Waals surface area contributed by atoms with Crippen LogP contribution >= 0.6 is 0 Å². The second-order valence-corrected chi connectivity index (χ2v) is 7.93. The molecule has 176 valence electrons. The summed E-state index contributed by atoms with van der Waals surface area (Å²) in [5, 5.41) is 2.67. The number of hydrogen-bond acceptors (Lipinski definition) is 4. The first-order chi connectivity index (χ1) is 16.9. The fraction of sp³-hybridized carbons (Fsp3) is 0.111. The maximum absolute atomic E-state index is 15.0. The fourth-order valence-electron chi connectivity index (χ4n) is 3.62. The lowest BCUT2D eigenvalue weighted by atomic mass is 10.0. The number of amides is 2. The van der Waals surface area contributed by atoms with Gasteiger partial charge in [-0.3, -0.25) is 14.6 Å². The van der Waals surface area contributed by atoms with Crippen molar-refractivity contribution >= 4 is 17.5 Å². The Labute approximate surface area is 201 Å². The number of aryl methyl sites for hydroxylation is 1. The third-order valence-corrected chi connectivity index (χ3v) is 5.39. The van der Waals surface area contributed by atoms with Crippen LogP contribution in [0, 0.1) is 18.6 Å². The van der Waals surface area contributed by atoms with Crippen LogP contribution in [0.3, 0.4) is 0 Å². The van der Waals surface area contributed by atoms with Gasteiger partial charge < -0.3 is 10.2 Å². The highest BCUT2D eigenvalue weighted by Gasteiger charge is 2.34. The van der Waals surface area contributed by atoms with Crippen LogP contribution in [0.4, 0.5) is 14.5 Å². The topological polar surface area (TPSA) is 75.2 Å². The van der Waals surface area contributed by atoms with E-state index in [1.165, 1.54) is 66.0 Å². The lowest BCUT2D eigenvalue weighted by Crippen LogP contribution is -2.41. The third-order valence-electron chi connectivity index (χ3n) is 5.39. The number of benzene rings is 3. The van der Waals surface area contributed by atoms with Crippen molar-refractivity contribution in [2.45, 2.75) is 19.5 Å². The Morgan fingerprint density at radius 3 is 2.31 bits per heavy atom. The molecule has 4 rings (SSSR count). The molecule has 1 atom stereocenters. The van der Waals surface area contributed by atoms with Gasteiger partial charge in [0.1, 0.15) is 23.4 Å². The molecule has 0 radical (unpaired) electrons. The molecule has 0 saturated heterocycles. The minimum absolute atomic E-state index is 0.00548. The van der Waals surface area contributed by atoms with E-state index in [0.717, 1.165) is 11.1 Å². The van der Waals surface area contributed by atoms with E-state index in [9.17, 15) is 14.0 Å². The number of nitrogens with one attached hydrogen (secondary N) is 1. The highest BCUT2D eigenvalue weighted by molar-refractivity contribution is 6.00. The van der Waals surface area contributed by atoms with Gasteiger partial charge in [-0.05, 0) is 42.8 Å². The first-order valence-corrected chi connectivity index (χ1v) is 10.9. The van der Waals surface area contributed by atoms with Crippen LogP contribution in [0.25, 0.3) is 0 Å². The van der Waals surface area contributed by atoms with Crippen LogP contribution in [0.2, 0.25) is 0 Å². The van der Waals surface area contributed by atoms with Crippen molar-refractivity contribution in [1.82, 2.24) is 14.9 Å². The van der Waals surface area contributed by atoms with Gasteiger partial charge in [0.25, 0.3) is 11.8 Å². The summed E-state index contributed by atoms with van der Waals surface area (Å²) in [5.74, 6) is -2.37. The Hall–Kier alpha value is -4.46. The molecule has 1 N–H and O–H groups in total. The van der Waals surface area contributed by atoms with Crippen molar-refractivity contribution in [2.75, 3.05) is 5.32 Å². The van der Waals surface area contributed by atoms with E-state index in [4.69, 9.17) is 0 Å². The maximum atomic E-state index is 15.0. The Bertz CT molecular complexity index is 1310. The van der Waals surface area contributed by atoms with Crippen molar-refractivity contribution in [1.29, 1.82) is 0 Å². The molecule has 0 fully saturated rings. The zero-order valence-electron chi connectivity index (χ0n) is 18.9. The van der Waals surface area contributed by atoms with Crippen LogP contribution < -0.4 is 5.32 Å². The smallest absolute Gasteiger partial charge is 0.275 e. The van der Waals surface area contributed by atoms with Gasteiger partial charge in [-0.15, -0.1) is 0 Å². The summed E-state index contributed by atoms with van der Waals surface area (Å²) in [7, 11) is 0. The van der Waals surface area contributed by atoms with Crippen LogP contribution in [-0.2, 0) is 11.3 Å². The van der Waals surface area contributed by atoms with E-state index in [1.807, 2.05) is 31.2 Å². The number of anilines is 1. The molecule has 6 nitrogen and oxygen atoms in total. The SMILES string of the molecule is Cc1ccc(CN(C(=O)c2cnccn2)[C@H](C(=O)Nc2ccc(F)cc2)c2ccccc2F)cc1. The summed E-state index contributed by atoms with van der Waals surface area (Å²) in [4.78, 5) is 36.5. The van der Waals surface area contributed by atoms with Crippen LogP contribution in [0.5, 0.6) is 0 Å². The predicted octanol–water partition coefficient (Wildman–Crippen LogP) is 5.09. The summed E-state index contributed by atoms with van der Waals surface area (Å²) in [6.07, 6.45) is 4.09. The fourth-order valence-corrected chi connectivity index (χ4v) is 3.62. The van der Waals surface area contributed by atoms with E-state index in [-0.39, 0.29) is 17.8 Å². The molecule has 8 heteroatoms. The molecule has 0 unspecified atom stereocenters. The second kappa shape index (κ2) is 10.6. The zero-order valence-corrected chi connectivity index (χ0v) is 18.9. The molecule has 0 aliphatic heterocycles. The second-order valence-electron chi connectivity index (χ2n) is 7.93. The summed E-state index contributed by atoms with van der Waals surface area (Å²) < 4.78 is 28.4. The highest BCUT2D eigenvalue weighted by Crippen LogP contribution is 2.29. The van der Waals surface area contributed by atoms with Gasteiger partial charge in [0.15, 0.2) is 0 Å². The van der Waals surface area contributed by atoms with E-state index in [1.54, 1.807) is 6.07 Å². The Morgan fingerprint density at radius 1 is 0.943 bits per heavy atom. The van der Waals surface area contributed by atoms with Crippen molar-refractivity contribution in [3.05, 3.63) is 125 Å². The number of nitrogens with zero attached hydrogens (tertiary/aromatic N) is 3. The van der Waals surface area contributed by atoms with E-state index in [2.05, 4.69) is 15.3 Å². The number of aromatic nitrogens is 2. The van der Waals surface area contributed by atoms with E-state index in [0.29, 0.717) is 5.69 Å². The number of hydrogen-bond donors (Lipinski definition) is 1. The molecule has 1 aromatic heterocycles. The quantitative estimate of drug-likeness (QED) is 0.407. The standard InChI is InChI=1S/C27H22F2N4O2/c1-18-6-8-19(9-7-18)17-33(27(35)24-16-30-14-15-31-24)25(22-4-2-3-5-23(22)29)26(34)32-21-12-10-20(28)11-13-21/h2-16,25H,17H2,1H3,(H,32,34)/t25-/m0/s1. The molecule has 35 heavy (non-hydrogen) atoms. The van der Waals surface area contributed by atoms with Gasteiger partial charge in [-0.1, -0.05) is 48.0 Å². The van der Waals surface area contributed by atoms with Gasteiger partial charge in [0.05, 0.1) is 6.20 Å². The third kappa shape index (κ3) is 5.73. The average Bonchev–Trinajstić information content (AvgIpc) is 2.87. The lowest BCUT2D eigenvalue weighted by molar-refractivity contribution is -0.121. The molecule has 0 spiro atoms. The Morgan fingerprint density at radius 2 is 1.66 bits per heavy atom. The minimum atomic E-state index is -1.35. The van der Waals surface area contributed by atoms with Gasteiger partial charge in [-0.25, -0.2) is 13.8 Å². The summed E-state index contributed by atoms with van der Waals surface area (Å²) in [6, 6.07) is 17.0. The Kier molecular flexibility index (Phi) is 7.21.